The third-order valence-electron chi connectivity index (χ3n) is 4.84. The van der Waals surface area contributed by atoms with Crippen molar-refractivity contribution in [1.29, 1.82) is 0 Å². The first-order valence-corrected chi connectivity index (χ1v) is 9.38. The highest BCUT2D eigenvalue weighted by Gasteiger charge is 2.28. The quantitative estimate of drug-likeness (QED) is 0.525. The van der Waals surface area contributed by atoms with Crippen molar-refractivity contribution >= 4 is 34.6 Å². The molecule has 3 amide bonds. The summed E-state index contributed by atoms with van der Waals surface area (Å²) in [6, 6.07) is 12.1. The van der Waals surface area contributed by atoms with Gasteiger partial charge in [0.25, 0.3) is 5.91 Å². The van der Waals surface area contributed by atoms with Crippen molar-refractivity contribution in [1.82, 2.24) is 20.8 Å². The summed E-state index contributed by atoms with van der Waals surface area (Å²) in [5.74, 6) is 0.458. The summed E-state index contributed by atoms with van der Waals surface area (Å²) >= 11 is 0. The van der Waals surface area contributed by atoms with Gasteiger partial charge in [-0.1, -0.05) is 24.3 Å². The van der Waals surface area contributed by atoms with E-state index in [4.69, 9.17) is 4.74 Å². The Hall–Kier alpha value is -4.07. The van der Waals surface area contributed by atoms with E-state index in [0.29, 0.717) is 17.0 Å². The molecule has 0 bridgehead atoms. The maximum absolute atomic E-state index is 13.0. The molecule has 0 radical (unpaired) electrons. The van der Waals surface area contributed by atoms with E-state index in [0.717, 1.165) is 22.2 Å². The molecule has 4 N–H and O–H groups in total. The van der Waals surface area contributed by atoms with Crippen LogP contribution in [0.4, 0.5) is 10.5 Å². The summed E-state index contributed by atoms with van der Waals surface area (Å²) < 4.78 is 5.16. The van der Waals surface area contributed by atoms with E-state index in [1.54, 1.807) is 32.4 Å². The highest BCUT2D eigenvalue weighted by Crippen LogP contribution is 2.21. The van der Waals surface area contributed by atoms with Crippen LogP contribution in [-0.2, 0) is 4.79 Å². The van der Waals surface area contributed by atoms with Crippen LogP contribution in [0.1, 0.15) is 12.5 Å². The Balaban J connectivity index is 1.57. The minimum Gasteiger partial charge on any atom is -0.497 e. The van der Waals surface area contributed by atoms with Crippen LogP contribution in [0.3, 0.4) is 0 Å². The lowest BCUT2D eigenvalue weighted by atomic mass is 10.0. The standard InChI is InChI=1S/C22H21N5O3/c1-13-20(21(28)25-16-6-10-18-15(11-16)12-23-27-18)19(26-22(29)24-13)9-5-14-3-7-17(30-2)8-4-14/h3-12,19H,1-2H3,(H,23,27)(H,25,28)(H2,24,26,29). The van der Waals surface area contributed by atoms with E-state index in [1.807, 2.05) is 42.5 Å². The minimum atomic E-state index is -0.571. The summed E-state index contributed by atoms with van der Waals surface area (Å²) in [5, 5.41) is 16.1. The number of amides is 3. The predicted octanol–water partition coefficient (Wildman–Crippen LogP) is 3.18. The molecule has 1 aliphatic heterocycles. The molecule has 0 saturated carbocycles. The molecular weight excluding hydrogens is 382 g/mol. The van der Waals surface area contributed by atoms with Crippen molar-refractivity contribution < 1.29 is 14.3 Å². The second-order valence-electron chi connectivity index (χ2n) is 6.87. The number of hydrogen-bond donors (Lipinski definition) is 4. The predicted molar refractivity (Wildman–Crippen MR) is 115 cm³/mol. The maximum atomic E-state index is 13.0. The molecule has 1 aliphatic rings. The maximum Gasteiger partial charge on any atom is 0.319 e. The second-order valence-corrected chi connectivity index (χ2v) is 6.87. The fraction of sp³-hybridized carbons (Fsp3) is 0.136. The molecule has 8 heteroatoms. The molecule has 0 aliphatic carbocycles. The van der Waals surface area contributed by atoms with Crippen LogP contribution in [-0.4, -0.2) is 35.3 Å². The first kappa shape index (κ1) is 19.3. The Morgan fingerprint density at radius 2 is 2.00 bits per heavy atom. The van der Waals surface area contributed by atoms with Crippen molar-refractivity contribution in [3.8, 4) is 5.75 Å². The van der Waals surface area contributed by atoms with Gasteiger partial charge in [-0.2, -0.15) is 5.10 Å². The van der Waals surface area contributed by atoms with Gasteiger partial charge >= 0.3 is 6.03 Å². The third kappa shape index (κ3) is 4.02. The number of allylic oxidation sites excluding steroid dienone is 1. The van der Waals surface area contributed by atoms with Gasteiger partial charge in [0.05, 0.1) is 30.4 Å². The van der Waals surface area contributed by atoms with Crippen LogP contribution in [0.5, 0.6) is 5.75 Å². The molecule has 2 heterocycles. The highest BCUT2D eigenvalue weighted by molar-refractivity contribution is 6.07. The Morgan fingerprint density at radius 1 is 1.20 bits per heavy atom. The lowest BCUT2D eigenvalue weighted by Crippen LogP contribution is -2.49. The van der Waals surface area contributed by atoms with Gasteiger partial charge in [-0.25, -0.2) is 4.79 Å². The van der Waals surface area contributed by atoms with Crippen molar-refractivity contribution in [2.75, 3.05) is 12.4 Å². The molecule has 1 aromatic heterocycles. The minimum absolute atomic E-state index is 0.299. The lowest BCUT2D eigenvalue weighted by Gasteiger charge is -2.26. The summed E-state index contributed by atoms with van der Waals surface area (Å²) in [5.41, 5.74) is 3.39. The monoisotopic (exact) mass is 403 g/mol. The molecule has 1 unspecified atom stereocenters. The SMILES string of the molecule is COc1ccc(C=CC2NC(=O)NC(C)=C2C(=O)Nc2ccc3[nH]ncc3c2)cc1. The smallest absolute Gasteiger partial charge is 0.319 e. The molecule has 2 aromatic carbocycles. The zero-order valence-electron chi connectivity index (χ0n) is 16.5. The molecule has 30 heavy (non-hydrogen) atoms. The van der Waals surface area contributed by atoms with Crippen LogP contribution in [0.2, 0.25) is 0 Å². The number of rotatable bonds is 5. The third-order valence-corrected chi connectivity index (χ3v) is 4.84. The number of aromatic amines is 1. The van der Waals surface area contributed by atoms with E-state index in [1.165, 1.54) is 0 Å². The van der Waals surface area contributed by atoms with Gasteiger partial charge in [-0.05, 0) is 42.8 Å². The van der Waals surface area contributed by atoms with Crippen LogP contribution < -0.4 is 20.7 Å². The summed E-state index contributed by atoms with van der Waals surface area (Å²) in [6.45, 7) is 1.71. The number of urea groups is 1. The van der Waals surface area contributed by atoms with Crippen LogP contribution in [0.25, 0.3) is 17.0 Å². The van der Waals surface area contributed by atoms with Gasteiger partial charge in [0.15, 0.2) is 0 Å². The number of fused-ring (bicyclic) bond motifs is 1. The number of benzene rings is 2. The average molecular weight is 403 g/mol. The molecule has 0 fully saturated rings. The van der Waals surface area contributed by atoms with Crippen molar-refractivity contribution in [3.05, 3.63) is 71.6 Å². The average Bonchev–Trinajstić information content (AvgIpc) is 3.20. The number of ether oxygens (including phenoxy) is 1. The number of nitrogens with zero attached hydrogens (tertiary/aromatic N) is 1. The number of anilines is 1. The van der Waals surface area contributed by atoms with Crippen LogP contribution >= 0.6 is 0 Å². The van der Waals surface area contributed by atoms with Crippen LogP contribution in [0.15, 0.2) is 66.0 Å². The van der Waals surface area contributed by atoms with E-state index in [9.17, 15) is 9.59 Å². The Labute approximate surface area is 173 Å². The molecule has 0 saturated heterocycles. The van der Waals surface area contributed by atoms with E-state index >= 15 is 0 Å². The normalized spacial score (nSPS) is 16.5. The lowest BCUT2D eigenvalue weighted by molar-refractivity contribution is -0.113. The summed E-state index contributed by atoms with van der Waals surface area (Å²) in [7, 11) is 1.61. The van der Waals surface area contributed by atoms with E-state index in [2.05, 4.69) is 26.1 Å². The van der Waals surface area contributed by atoms with Gasteiger partial charge in [0.1, 0.15) is 5.75 Å². The molecule has 3 aromatic rings. The molecule has 4 rings (SSSR count). The van der Waals surface area contributed by atoms with Gasteiger partial charge in [-0.15, -0.1) is 0 Å². The van der Waals surface area contributed by atoms with Crippen LogP contribution in [0, 0.1) is 0 Å². The van der Waals surface area contributed by atoms with Gasteiger partial charge in [0, 0.05) is 16.8 Å². The molecule has 1 atom stereocenters. The Morgan fingerprint density at radius 3 is 2.77 bits per heavy atom. The number of aromatic nitrogens is 2. The van der Waals surface area contributed by atoms with E-state index < -0.39 is 6.04 Å². The van der Waals surface area contributed by atoms with Crippen molar-refractivity contribution in [2.24, 2.45) is 0 Å². The largest absolute Gasteiger partial charge is 0.497 e. The Bertz CT molecular complexity index is 1160. The number of carbonyl (C=O) groups is 2. The fourth-order valence-electron chi connectivity index (χ4n) is 3.32. The summed E-state index contributed by atoms with van der Waals surface area (Å²) in [6.07, 6.45) is 5.34. The first-order valence-electron chi connectivity index (χ1n) is 9.38. The first-order chi connectivity index (χ1) is 14.5. The van der Waals surface area contributed by atoms with Gasteiger partial charge in [0.2, 0.25) is 0 Å². The molecular formula is C22H21N5O3. The zero-order chi connectivity index (χ0) is 21.1. The Kier molecular flexibility index (Phi) is 5.21. The number of methoxy groups -OCH3 is 1. The summed E-state index contributed by atoms with van der Waals surface area (Å²) in [4.78, 5) is 25.0. The molecule has 0 spiro atoms. The zero-order valence-corrected chi connectivity index (χ0v) is 16.5. The molecule has 8 nitrogen and oxygen atoms in total. The fourth-order valence-corrected chi connectivity index (χ4v) is 3.32. The van der Waals surface area contributed by atoms with E-state index in [-0.39, 0.29) is 11.9 Å². The number of carbonyl (C=O) groups excluding carboxylic acids is 2. The highest BCUT2D eigenvalue weighted by atomic mass is 16.5. The number of hydrogen-bond acceptors (Lipinski definition) is 4. The number of H-pyrrole nitrogens is 1. The topological polar surface area (TPSA) is 108 Å². The molecule has 152 valence electrons. The van der Waals surface area contributed by atoms with Crippen molar-refractivity contribution in [2.45, 2.75) is 13.0 Å². The van der Waals surface area contributed by atoms with Gasteiger partial charge < -0.3 is 20.7 Å². The van der Waals surface area contributed by atoms with Crippen molar-refractivity contribution in [3.63, 3.8) is 0 Å². The number of nitrogens with one attached hydrogen (secondary N) is 4. The van der Waals surface area contributed by atoms with Gasteiger partial charge in [-0.3, -0.25) is 9.89 Å². The second kappa shape index (κ2) is 8.12.